The second-order valence-electron chi connectivity index (χ2n) is 8.42. The second kappa shape index (κ2) is 9.58. The van der Waals surface area contributed by atoms with Crippen molar-refractivity contribution in [2.75, 3.05) is 26.6 Å². The van der Waals surface area contributed by atoms with Crippen LogP contribution >= 0.6 is 0 Å². The molecule has 1 N–H and O–H groups in total. The van der Waals surface area contributed by atoms with Crippen LogP contribution in [0.4, 0.5) is 0 Å². The Morgan fingerprint density at radius 3 is 2.73 bits per heavy atom. The number of ether oxygens (including phenoxy) is 3. The van der Waals surface area contributed by atoms with Crippen LogP contribution in [0.1, 0.15) is 31.2 Å². The summed E-state index contributed by atoms with van der Waals surface area (Å²) in [5.41, 5.74) is 1.90. The number of fused-ring (bicyclic) bond motifs is 1. The number of carbonyl (C=O) groups excluding carboxylic acids is 1. The molecule has 0 bridgehead atoms. The SMILES string of the molecule is O=C(CCCn1nnc(-c2ccccc2)n1)NCC1(c2ccc3c(c2)OCO3)CCOCC1. The predicted octanol–water partition coefficient (Wildman–Crippen LogP) is 2.71. The number of hydrogen-bond acceptors (Lipinski definition) is 7. The molecule has 3 heterocycles. The van der Waals surface area contributed by atoms with Gasteiger partial charge in [0.05, 0.1) is 6.54 Å². The van der Waals surface area contributed by atoms with Crippen LogP contribution in [0.25, 0.3) is 11.4 Å². The minimum Gasteiger partial charge on any atom is -0.454 e. The van der Waals surface area contributed by atoms with Gasteiger partial charge in [0, 0.05) is 37.2 Å². The first-order chi connectivity index (χ1) is 16.2. The zero-order chi connectivity index (χ0) is 22.5. The maximum Gasteiger partial charge on any atom is 0.231 e. The van der Waals surface area contributed by atoms with Gasteiger partial charge in [-0.3, -0.25) is 4.79 Å². The summed E-state index contributed by atoms with van der Waals surface area (Å²) in [6, 6.07) is 15.8. The predicted molar refractivity (Wildman–Crippen MR) is 120 cm³/mol. The summed E-state index contributed by atoms with van der Waals surface area (Å²) in [4.78, 5) is 14.2. The van der Waals surface area contributed by atoms with Crippen molar-refractivity contribution in [3.63, 3.8) is 0 Å². The van der Waals surface area contributed by atoms with Crippen LogP contribution in [0.5, 0.6) is 11.5 Å². The number of aryl methyl sites for hydroxylation is 1. The summed E-state index contributed by atoms with van der Waals surface area (Å²) < 4.78 is 16.6. The number of carbonyl (C=O) groups is 1. The highest BCUT2D eigenvalue weighted by Gasteiger charge is 2.36. The lowest BCUT2D eigenvalue weighted by Crippen LogP contribution is -2.44. The molecule has 0 spiro atoms. The highest BCUT2D eigenvalue weighted by molar-refractivity contribution is 5.76. The van der Waals surface area contributed by atoms with E-state index in [1.165, 1.54) is 0 Å². The number of benzene rings is 2. The van der Waals surface area contributed by atoms with Gasteiger partial charge in [0.2, 0.25) is 18.5 Å². The number of nitrogens with zero attached hydrogens (tertiary/aromatic N) is 4. The summed E-state index contributed by atoms with van der Waals surface area (Å²) in [5, 5.41) is 15.7. The van der Waals surface area contributed by atoms with Crippen LogP contribution in [0.3, 0.4) is 0 Å². The number of aromatic nitrogens is 4. The third kappa shape index (κ3) is 4.83. The third-order valence-corrected chi connectivity index (χ3v) is 6.31. The number of amides is 1. The quantitative estimate of drug-likeness (QED) is 0.564. The van der Waals surface area contributed by atoms with Crippen molar-refractivity contribution in [3.8, 4) is 22.9 Å². The molecule has 5 rings (SSSR count). The first-order valence-electron chi connectivity index (χ1n) is 11.3. The summed E-state index contributed by atoms with van der Waals surface area (Å²) in [7, 11) is 0. The first-order valence-corrected chi connectivity index (χ1v) is 11.3. The number of nitrogens with one attached hydrogen (secondary N) is 1. The maximum absolute atomic E-state index is 12.6. The summed E-state index contributed by atoms with van der Waals surface area (Å²) in [6.07, 6.45) is 2.72. The fraction of sp³-hybridized carbons (Fsp3) is 0.417. The molecule has 0 aliphatic carbocycles. The Balaban J connectivity index is 1.15. The summed E-state index contributed by atoms with van der Waals surface area (Å²) in [5.74, 6) is 2.14. The van der Waals surface area contributed by atoms with Crippen LogP contribution < -0.4 is 14.8 Å². The number of hydrogen-bond donors (Lipinski definition) is 1. The molecular formula is C24H27N5O4. The molecule has 9 heteroatoms. The molecule has 0 atom stereocenters. The molecule has 3 aromatic rings. The van der Waals surface area contributed by atoms with Crippen molar-refractivity contribution < 1.29 is 19.0 Å². The van der Waals surface area contributed by atoms with Gasteiger partial charge in [-0.25, -0.2) is 0 Å². The highest BCUT2D eigenvalue weighted by atomic mass is 16.7. The number of tetrazole rings is 1. The van der Waals surface area contributed by atoms with E-state index in [-0.39, 0.29) is 18.1 Å². The summed E-state index contributed by atoms with van der Waals surface area (Å²) >= 11 is 0. The molecule has 1 fully saturated rings. The molecule has 2 aliphatic heterocycles. The van der Waals surface area contributed by atoms with E-state index in [4.69, 9.17) is 14.2 Å². The average Bonchev–Trinajstić information content (AvgIpc) is 3.53. The van der Waals surface area contributed by atoms with Gasteiger partial charge in [0.15, 0.2) is 11.5 Å². The minimum atomic E-state index is -0.174. The smallest absolute Gasteiger partial charge is 0.231 e. The molecule has 9 nitrogen and oxygen atoms in total. The van der Waals surface area contributed by atoms with E-state index in [2.05, 4.69) is 26.8 Å². The van der Waals surface area contributed by atoms with Crippen molar-refractivity contribution in [2.45, 2.75) is 37.6 Å². The van der Waals surface area contributed by atoms with Crippen molar-refractivity contribution in [3.05, 3.63) is 54.1 Å². The molecular weight excluding hydrogens is 422 g/mol. The van der Waals surface area contributed by atoms with Gasteiger partial charge in [-0.15, -0.1) is 10.2 Å². The molecule has 0 unspecified atom stereocenters. The fourth-order valence-electron chi connectivity index (χ4n) is 4.33. The molecule has 33 heavy (non-hydrogen) atoms. The van der Waals surface area contributed by atoms with Crippen molar-refractivity contribution in [1.29, 1.82) is 0 Å². The molecule has 0 saturated carbocycles. The first kappa shape index (κ1) is 21.4. The Morgan fingerprint density at radius 1 is 1.06 bits per heavy atom. The Bertz CT molecular complexity index is 1100. The summed E-state index contributed by atoms with van der Waals surface area (Å²) in [6.45, 7) is 2.69. The molecule has 1 saturated heterocycles. The van der Waals surface area contributed by atoms with Crippen molar-refractivity contribution in [2.24, 2.45) is 0 Å². The van der Waals surface area contributed by atoms with Gasteiger partial charge >= 0.3 is 0 Å². The lowest BCUT2D eigenvalue weighted by atomic mass is 9.74. The third-order valence-electron chi connectivity index (χ3n) is 6.31. The fourth-order valence-corrected chi connectivity index (χ4v) is 4.33. The van der Waals surface area contributed by atoms with E-state index in [9.17, 15) is 4.79 Å². The lowest BCUT2D eigenvalue weighted by Gasteiger charge is -2.38. The van der Waals surface area contributed by atoms with Gasteiger partial charge < -0.3 is 19.5 Å². The van der Waals surface area contributed by atoms with Crippen LogP contribution in [-0.4, -0.2) is 52.7 Å². The van der Waals surface area contributed by atoms with E-state index < -0.39 is 0 Å². The minimum absolute atomic E-state index is 0.0185. The normalized spacial score (nSPS) is 16.5. The van der Waals surface area contributed by atoms with Crippen molar-refractivity contribution in [1.82, 2.24) is 25.5 Å². The van der Waals surface area contributed by atoms with Crippen LogP contribution in [0.15, 0.2) is 48.5 Å². The highest BCUT2D eigenvalue weighted by Crippen LogP contribution is 2.40. The van der Waals surface area contributed by atoms with Gasteiger partial charge in [-0.2, -0.15) is 4.80 Å². The van der Waals surface area contributed by atoms with Gasteiger partial charge in [0.25, 0.3) is 0 Å². The van der Waals surface area contributed by atoms with E-state index >= 15 is 0 Å². The van der Waals surface area contributed by atoms with E-state index in [1.807, 2.05) is 42.5 Å². The lowest BCUT2D eigenvalue weighted by molar-refractivity contribution is -0.121. The zero-order valence-electron chi connectivity index (χ0n) is 18.4. The van der Waals surface area contributed by atoms with Gasteiger partial charge in [0.1, 0.15) is 0 Å². The zero-order valence-corrected chi connectivity index (χ0v) is 18.4. The van der Waals surface area contributed by atoms with E-state index in [0.29, 0.717) is 45.0 Å². The monoisotopic (exact) mass is 449 g/mol. The van der Waals surface area contributed by atoms with Crippen molar-refractivity contribution >= 4 is 5.91 Å². The molecule has 1 aromatic heterocycles. The van der Waals surface area contributed by atoms with Crippen LogP contribution in [-0.2, 0) is 21.5 Å². The standard InChI is InChI=1S/C24H27N5O4/c30-22(7-4-12-29-27-23(26-28-29)18-5-2-1-3-6-18)25-16-24(10-13-31-14-11-24)19-8-9-20-21(15-19)33-17-32-20/h1-3,5-6,8-9,15H,4,7,10-14,16-17H2,(H,25,30). The molecule has 2 aromatic carbocycles. The Hall–Kier alpha value is -3.46. The topological polar surface area (TPSA) is 100 Å². The van der Waals surface area contributed by atoms with Crippen LogP contribution in [0.2, 0.25) is 0 Å². The second-order valence-corrected chi connectivity index (χ2v) is 8.42. The largest absolute Gasteiger partial charge is 0.454 e. The van der Waals surface area contributed by atoms with E-state index in [1.54, 1.807) is 4.80 Å². The Kier molecular flexibility index (Phi) is 6.21. The molecule has 1 amide bonds. The molecule has 172 valence electrons. The molecule has 0 radical (unpaired) electrons. The maximum atomic E-state index is 12.6. The van der Waals surface area contributed by atoms with E-state index in [0.717, 1.165) is 35.5 Å². The number of rotatable bonds is 8. The van der Waals surface area contributed by atoms with Gasteiger partial charge in [-0.1, -0.05) is 36.4 Å². The molecule has 2 aliphatic rings. The average molecular weight is 450 g/mol. The Labute approximate surface area is 192 Å². The van der Waals surface area contributed by atoms with Gasteiger partial charge in [-0.05, 0) is 42.2 Å². The van der Waals surface area contributed by atoms with Crippen LogP contribution in [0, 0.1) is 0 Å². The Morgan fingerprint density at radius 2 is 1.88 bits per heavy atom.